The monoisotopic (exact) mass is 364 g/mol. The maximum absolute atomic E-state index is 12.6. The van der Waals surface area contributed by atoms with Crippen LogP contribution in [0, 0.1) is 5.92 Å². The summed E-state index contributed by atoms with van der Waals surface area (Å²) in [6, 6.07) is 18.4. The highest BCUT2D eigenvalue weighted by Crippen LogP contribution is 2.21. The molecule has 4 heteroatoms. The van der Waals surface area contributed by atoms with Crippen LogP contribution < -0.4 is 5.32 Å². The van der Waals surface area contributed by atoms with Gasteiger partial charge in [0.05, 0.1) is 6.42 Å². The molecular weight excluding hydrogens is 336 g/mol. The molecule has 0 aromatic heterocycles. The summed E-state index contributed by atoms with van der Waals surface area (Å²) in [5.41, 5.74) is 3.37. The van der Waals surface area contributed by atoms with Crippen molar-refractivity contribution < 1.29 is 9.59 Å². The first-order valence-electron chi connectivity index (χ1n) is 9.87. The Morgan fingerprint density at radius 2 is 1.59 bits per heavy atom. The Labute approximate surface area is 161 Å². The summed E-state index contributed by atoms with van der Waals surface area (Å²) in [5, 5.41) is 2.96. The first kappa shape index (κ1) is 19.2. The number of hydrogen-bond acceptors (Lipinski definition) is 2. The molecule has 1 fully saturated rings. The van der Waals surface area contributed by atoms with E-state index >= 15 is 0 Å². The van der Waals surface area contributed by atoms with Crippen LogP contribution >= 0.6 is 0 Å². The number of benzene rings is 2. The number of carbonyl (C=O) groups is 2. The number of carbonyl (C=O) groups excluding carboxylic acids is 2. The number of amides is 2. The molecule has 1 aliphatic rings. The fraction of sp³-hybridized carbons (Fsp3) is 0.391. The minimum Gasteiger partial charge on any atom is -0.356 e. The summed E-state index contributed by atoms with van der Waals surface area (Å²) in [4.78, 5) is 26.6. The third-order valence-electron chi connectivity index (χ3n) is 5.18. The van der Waals surface area contributed by atoms with Gasteiger partial charge in [-0.2, -0.15) is 0 Å². The Balaban J connectivity index is 1.50. The number of nitrogens with one attached hydrogen (secondary N) is 1. The van der Waals surface area contributed by atoms with Crippen molar-refractivity contribution in [3.63, 3.8) is 0 Å². The van der Waals surface area contributed by atoms with Crippen molar-refractivity contribution in [1.82, 2.24) is 10.2 Å². The summed E-state index contributed by atoms with van der Waals surface area (Å²) in [5.74, 6) is 0.334. The van der Waals surface area contributed by atoms with Crippen LogP contribution in [-0.2, 0) is 16.0 Å². The number of likely N-dealkylation sites (tertiary alicyclic amines) is 1. The number of nitrogens with zero attached hydrogens (tertiary/aromatic N) is 1. The van der Waals surface area contributed by atoms with E-state index in [0.717, 1.165) is 36.9 Å². The van der Waals surface area contributed by atoms with Crippen LogP contribution in [0.1, 0.15) is 31.7 Å². The molecule has 2 aromatic carbocycles. The molecule has 0 bridgehead atoms. The molecule has 2 amide bonds. The molecule has 0 saturated carbocycles. The van der Waals surface area contributed by atoms with Crippen molar-refractivity contribution in [2.75, 3.05) is 19.6 Å². The van der Waals surface area contributed by atoms with Gasteiger partial charge in [-0.05, 0) is 36.0 Å². The highest BCUT2D eigenvalue weighted by atomic mass is 16.2. The zero-order valence-corrected chi connectivity index (χ0v) is 16.0. The summed E-state index contributed by atoms with van der Waals surface area (Å²) in [6.07, 6.45) is 2.89. The fourth-order valence-electron chi connectivity index (χ4n) is 3.52. The standard InChI is InChI=1S/C23H28N2O2/c1-2-14-24-23(27)21-12-15-25(16-13-21)22(26)17-18-8-10-20(11-9-18)19-6-4-3-5-7-19/h3-11,21H,2,12-17H2,1H3,(H,24,27). The summed E-state index contributed by atoms with van der Waals surface area (Å²) in [7, 11) is 0. The van der Waals surface area contributed by atoms with Gasteiger partial charge in [0.2, 0.25) is 11.8 Å². The van der Waals surface area contributed by atoms with Crippen molar-refractivity contribution in [3.05, 3.63) is 60.2 Å². The van der Waals surface area contributed by atoms with Crippen molar-refractivity contribution in [2.45, 2.75) is 32.6 Å². The first-order valence-corrected chi connectivity index (χ1v) is 9.87. The Kier molecular flexibility index (Phi) is 6.64. The Bertz CT molecular complexity index is 748. The number of piperidine rings is 1. The zero-order chi connectivity index (χ0) is 19.1. The van der Waals surface area contributed by atoms with Crippen LogP contribution in [0.15, 0.2) is 54.6 Å². The van der Waals surface area contributed by atoms with Gasteiger partial charge in [-0.15, -0.1) is 0 Å². The Morgan fingerprint density at radius 1 is 0.963 bits per heavy atom. The van der Waals surface area contributed by atoms with Gasteiger partial charge >= 0.3 is 0 Å². The van der Waals surface area contributed by atoms with E-state index < -0.39 is 0 Å². The molecular formula is C23H28N2O2. The SMILES string of the molecule is CCCNC(=O)C1CCN(C(=O)Cc2ccc(-c3ccccc3)cc2)CC1. The Hall–Kier alpha value is -2.62. The van der Waals surface area contributed by atoms with E-state index in [0.29, 0.717) is 19.5 Å². The summed E-state index contributed by atoms with van der Waals surface area (Å²) >= 11 is 0. The largest absolute Gasteiger partial charge is 0.356 e. The lowest BCUT2D eigenvalue weighted by atomic mass is 9.95. The van der Waals surface area contributed by atoms with Crippen molar-refractivity contribution in [2.24, 2.45) is 5.92 Å². The predicted octanol–water partition coefficient (Wildman–Crippen LogP) is 3.66. The van der Waals surface area contributed by atoms with Crippen molar-refractivity contribution in [1.29, 1.82) is 0 Å². The highest BCUT2D eigenvalue weighted by Gasteiger charge is 2.26. The van der Waals surface area contributed by atoms with E-state index in [1.165, 1.54) is 5.56 Å². The second-order valence-electron chi connectivity index (χ2n) is 7.19. The van der Waals surface area contributed by atoms with E-state index in [2.05, 4.69) is 29.6 Å². The summed E-state index contributed by atoms with van der Waals surface area (Å²) in [6.45, 7) is 4.13. The fourth-order valence-corrected chi connectivity index (χ4v) is 3.52. The maximum atomic E-state index is 12.6. The molecule has 1 aliphatic heterocycles. The molecule has 3 rings (SSSR count). The van der Waals surface area contributed by atoms with E-state index in [1.807, 2.05) is 42.2 Å². The summed E-state index contributed by atoms with van der Waals surface area (Å²) < 4.78 is 0. The molecule has 0 radical (unpaired) electrons. The second-order valence-corrected chi connectivity index (χ2v) is 7.19. The van der Waals surface area contributed by atoms with Crippen molar-refractivity contribution >= 4 is 11.8 Å². The molecule has 142 valence electrons. The second kappa shape index (κ2) is 9.36. The average molecular weight is 364 g/mol. The molecule has 0 aliphatic carbocycles. The molecule has 27 heavy (non-hydrogen) atoms. The number of hydrogen-bond donors (Lipinski definition) is 1. The average Bonchev–Trinajstić information content (AvgIpc) is 2.73. The van der Waals surface area contributed by atoms with Crippen LogP contribution in [0.2, 0.25) is 0 Å². The lowest BCUT2D eigenvalue weighted by Gasteiger charge is -2.31. The van der Waals surface area contributed by atoms with Gasteiger partial charge in [0.1, 0.15) is 0 Å². The first-order chi connectivity index (χ1) is 13.2. The number of rotatable bonds is 6. The molecule has 1 N–H and O–H groups in total. The van der Waals surface area contributed by atoms with Gasteiger partial charge in [-0.25, -0.2) is 0 Å². The van der Waals surface area contributed by atoms with E-state index in [-0.39, 0.29) is 17.7 Å². The van der Waals surface area contributed by atoms with Crippen LogP contribution in [0.5, 0.6) is 0 Å². The van der Waals surface area contributed by atoms with Crippen LogP contribution in [-0.4, -0.2) is 36.3 Å². The van der Waals surface area contributed by atoms with Crippen molar-refractivity contribution in [3.8, 4) is 11.1 Å². The smallest absolute Gasteiger partial charge is 0.226 e. The third-order valence-corrected chi connectivity index (χ3v) is 5.18. The highest BCUT2D eigenvalue weighted by molar-refractivity contribution is 5.81. The topological polar surface area (TPSA) is 49.4 Å². The minimum atomic E-state index is 0.0470. The van der Waals surface area contributed by atoms with Gasteiger partial charge in [-0.1, -0.05) is 61.5 Å². The van der Waals surface area contributed by atoms with Gasteiger partial charge < -0.3 is 10.2 Å². The van der Waals surface area contributed by atoms with Crippen LogP contribution in [0.3, 0.4) is 0 Å². The van der Waals surface area contributed by atoms with Gasteiger partial charge in [-0.3, -0.25) is 9.59 Å². The predicted molar refractivity (Wildman–Crippen MR) is 108 cm³/mol. The van der Waals surface area contributed by atoms with Crippen LogP contribution in [0.4, 0.5) is 0 Å². The maximum Gasteiger partial charge on any atom is 0.226 e. The lowest BCUT2D eigenvalue weighted by Crippen LogP contribution is -2.43. The molecule has 4 nitrogen and oxygen atoms in total. The van der Waals surface area contributed by atoms with E-state index in [9.17, 15) is 9.59 Å². The molecule has 1 saturated heterocycles. The molecule has 2 aromatic rings. The zero-order valence-electron chi connectivity index (χ0n) is 16.0. The van der Waals surface area contributed by atoms with Gasteiger partial charge in [0.25, 0.3) is 0 Å². The Morgan fingerprint density at radius 3 is 2.22 bits per heavy atom. The molecule has 0 atom stereocenters. The molecule has 0 spiro atoms. The van der Waals surface area contributed by atoms with Gasteiger partial charge in [0, 0.05) is 25.6 Å². The normalized spacial score (nSPS) is 14.8. The molecule has 1 heterocycles. The van der Waals surface area contributed by atoms with Gasteiger partial charge in [0.15, 0.2) is 0 Å². The van der Waals surface area contributed by atoms with Crippen LogP contribution in [0.25, 0.3) is 11.1 Å². The van der Waals surface area contributed by atoms with E-state index in [4.69, 9.17) is 0 Å². The lowest BCUT2D eigenvalue weighted by molar-refractivity contribution is -0.135. The minimum absolute atomic E-state index is 0.0470. The third kappa shape index (κ3) is 5.19. The quantitative estimate of drug-likeness (QED) is 0.850. The molecule has 0 unspecified atom stereocenters. The van der Waals surface area contributed by atoms with E-state index in [1.54, 1.807) is 0 Å².